The molecule has 0 saturated heterocycles. The number of hydrogen-bond acceptors (Lipinski definition) is 6. The smallest absolute Gasteiger partial charge is 0.263 e. The summed E-state index contributed by atoms with van der Waals surface area (Å²) in [6.07, 6.45) is 4.41. The fourth-order valence-electron chi connectivity index (χ4n) is 2.04. The van der Waals surface area contributed by atoms with E-state index in [0.29, 0.717) is 11.4 Å². The highest BCUT2D eigenvalue weighted by atomic mass is 16.5. The number of amides is 1. The van der Waals surface area contributed by atoms with Crippen molar-refractivity contribution >= 4 is 23.1 Å². The fourth-order valence-corrected chi connectivity index (χ4v) is 2.04. The van der Waals surface area contributed by atoms with Crippen molar-refractivity contribution in [3.63, 3.8) is 0 Å². The minimum absolute atomic E-state index is 0.00204. The minimum atomic E-state index is -0.527. The molecule has 0 radical (unpaired) electrons. The van der Waals surface area contributed by atoms with Gasteiger partial charge in [0.1, 0.15) is 17.0 Å². The number of aromatic amines is 1. The molecule has 3 aromatic rings. The molecule has 0 atom stereocenters. The van der Waals surface area contributed by atoms with E-state index in [9.17, 15) is 9.59 Å². The molecular formula is C13H12N6O3. The standard InChI is InChI=1S/C13H12N6O3/c1-22-8-2-4-15-6-7(8)16-13(21)10-11(14)18-19-5-3-9(20)17-12(10)19/h2-6H,1H3,(H2,14,18)(H,16,21)(H,17,20). The summed E-state index contributed by atoms with van der Waals surface area (Å²) in [6, 6.07) is 2.89. The van der Waals surface area contributed by atoms with Crippen molar-refractivity contribution in [2.24, 2.45) is 0 Å². The maximum Gasteiger partial charge on any atom is 0.263 e. The minimum Gasteiger partial charge on any atom is -0.494 e. The predicted octanol–water partition coefficient (Wildman–Crippen LogP) is 0.261. The number of nitrogens with two attached hydrogens (primary N) is 1. The Labute approximate surface area is 123 Å². The Morgan fingerprint density at radius 1 is 1.45 bits per heavy atom. The molecule has 9 nitrogen and oxygen atoms in total. The van der Waals surface area contributed by atoms with Gasteiger partial charge in [-0.1, -0.05) is 0 Å². The predicted molar refractivity (Wildman–Crippen MR) is 79.0 cm³/mol. The third-order valence-corrected chi connectivity index (χ3v) is 3.02. The Morgan fingerprint density at radius 3 is 3.05 bits per heavy atom. The quantitative estimate of drug-likeness (QED) is 0.636. The number of aromatic nitrogens is 4. The number of nitrogen functional groups attached to an aromatic ring is 1. The van der Waals surface area contributed by atoms with Crippen LogP contribution in [0.5, 0.6) is 5.75 Å². The van der Waals surface area contributed by atoms with E-state index in [-0.39, 0.29) is 22.6 Å². The molecule has 0 aliphatic heterocycles. The lowest BCUT2D eigenvalue weighted by Crippen LogP contribution is -2.16. The normalized spacial score (nSPS) is 10.6. The molecule has 22 heavy (non-hydrogen) atoms. The van der Waals surface area contributed by atoms with E-state index in [0.717, 1.165) is 0 Å². The van der Waals surface area contributed by atoms with Crippen LogP contribution in [0.25, 0.3) is 5.65 Å². The molecule has 112 valence electrons. The SMILES string of the molecule is COc1ccncc1NC(=O)c1c(N)nn2ccc(=O)[nH]c12. The summed E-state index contributed by atoms with van der Waals surface area (Å²) in [5.74, 6) is -0.0743. The zero-order chi connectivity index (χ0) is 15.7. The molecule has 0 bridgehead atoms. The summed E-state index contributed by atoms with van der Waals surface area (Å²) in [5, 5.41) is 6.61. The zero-order valence-electron chi connectivity index (χ0n) is 11.5. The van der Waals surface area contributed by atoms with E-state index in [1.54, 1.807) is 6.07 Å². The van der Waals surface area contributed by atoms with Gasteiger partial charge in [0.2, 0.25) is 0 Å². The lowest BCUT2D eigenvalue weighted by atomic mass is 10.2. The molecule has 3 heterocycles. The van der Waals surface area contributed by atoms with Gasteiger partial charge in [-0.05, 0) is 0 Å². The van der Waals surface area contributed by atoms with Crippen LogP contribution in [0.2, 0.25) is 0 Å². The Hall–Kier alpha value is -3.36. The average Bonchev–Trinajstić information content (AvgIpc) is 2.83. The van der Waals surface area contributed by atoms with Crippen LogP contribution in [-0.2, 0) is 0 Å². The highest BCUT2D eigenvalue weighted by Crippen LogP contribution is 2.24. The molecule has 9 heteroatoms. The number of pyridine rings is 1. The van der Waals surface area contributed by atoms with Crippen LogP contribution >= 0.6 is 0 Å². The largest absolute Gasteiger partial charge is 0.494 e. The number of hydrogen-bond donors (Lipinski definition) is 3. The summed E-state index contributed by atoms with van der Waals surface area (Å²) < 4.78 is 6.46. The monoisotopic (exact) mass is 300 g/mol. The maximum absolute atomic E-state index is 12.4. The Bertz CT molecular complexity index is 914. The lowest BCUT2D eigenvalue weighted by molar-refractivity contribution is 0.102. The number of ether oxygens (including phenoxy) is 1. The first kappa shape index (κ1) is 13.6. The Kier molecular flexibility index (Phi) is 3.22. The lowest BCUT2D eigenvalue weighted by Gasteiger charge is -2.08. The van der Waals surface area contributed by atoms with Crippen molar-refractivity contribution in [1.29, 1.82) is 0 Å². The summed E-state index contributed by atoms with van der Waals surface area (Å²) in [4.78, 5) is 30.3. The van der Waals surface area contributed by atoms with Gasteiger partial charge in [-0.2, -0.15) is 0 Å². The molecule has 0 aliphatic carbocycles. The van der Waals surface area contributed by atoms with Gasteiger partial charge >= 0.3 is 0 Å². The molecule has 0 aromatic carbocycles. The van der Waals surface area contributed by atoms with Crippen molar-refractivity contribution in [3.05, 3.63) is 46.6 Å². The highest BCUT2D eigenvalue weighted by molar-refractivity contribution is 6.11. The second-order valence-corrected chi connectivity index (χ2v) is 4.39. The number of nitrogens with one attached hydrogen (secondary N) is 2. The van der Waals surface area contributed by atoms with E-state index in [1.807, 2.05) is 0 Å². The van der Waals surface area contributed by atoms with Crippen LogP contribution in [0.4, 0.5) is 11.5 Å². The molecule has 1 amide bonds. The number of rotatable bonds is 3. The fraction of sp³-hybridized carbons (Fsp3) is 0.0769. The first-order chi connectivity index (χ1) is 10.6. The van der Waals surface area contributed by atoms with Crippen molar-refractivity contribution in [3.8, 4) is 5.75 Å². The number of H-pyrrole nitrogens is 1. The van der Waals surface area contributed by atoms with Crippen molar-refractivity contribution in [2.75, 3.05) is 18.2 Å². The average molecular weight is 300 g/mol. The van der Waals surface area contributed by atoms with E-state index < -0.39 is 5.91 Å². The van der Waals surface area contributed by atoms with Crippen LogP contribution < -0.4 is 21.3 Å². The van der Waals surface area contributed by atoms with Gasteiger partial charge in [-0.3, -0.25) is 14.6 Å². The van der Waals surface area contributed by atoms with Crippen LogP contribution in [0.3, 0.4) is 0 Å². The Morgan fingerprint density at radius 2 is 2.27 bits per heavy atom. The molecule has 0 spiro atoms. The number of carbonyl (C=O) groups is 1. The maximum atomic E-state index is 12.4. The molecule has 0 saturated carbocycles. The van der Waals surface area contributed by atoms with Gasteiger partial charge in [0.05, 0.1) is 13.3 Å². The second kappa shape index (κ2) is 5.20. The van der Waals surface area contributed by atoms with Crippen LogP contribution in [0.15, 0.2) is 35.5 Å². The molecular weight excluding hydrogens is 288 g/mol. The second-order valence-electron chi connectivity index (χ2n) is 4.39. The summed E-state index contributed by atoms with van der Waals surface area (Å²) >= 11 is 0. The first-order valence-electron chi connectivity index (χ1n) is 6.26. The van der Waals surface area contributed by atoms with Gasteiger partial charge in [-0.15, -0.1) is 5.10 Å². The van der Waals surface area contributed by atoms with Crippen molar-refractivity contribution in [2.45, 2.75) is 0 Å². The topological polar surface area (TPSA) is 127 Å². The number of nitrogens with zero attached hydrogens (tertiary/aromatic N) is 3. The summed E-state index contributed by atoms with van der Waals surface area (Å²) in [5.41, 5.74) is 6.07. The van der Waals surface area contributed by atoms with Crippen LogP contribution in [0, 0.1) is 0 Å². The third kappa shape index (κ3) is 2.24. The van der Waals surface area contributed by atoms with Crippen LogP contribution in [-0.4, -0.2) is 32.6 Å². The molecule has 0 fully saturated rings. The van der Waals surface area contributed by atoms with Gasteiger partial charge in [0, 0.05) is 24.5 Å². The zero-order valence-corrected chi connectivity index (χ0v) is 11.5. The number of anilines is 2. The van der Waals surface area contributed by atoms with Gasteiger partial charge in [0.15, 0.2) is 11.5 Å². The number of methoxy groups -OCH3 is 1. The summed E-state index contributed by atoms with van der Waals surface area (Å²) in [6.45, 7) is 0. The van der Waals surface area contributed by atoms with Gasteiger partial charge < -0.3 is 20.8 Å². The van der Waals surface area contributed by atoms with E-state index in [1.165, 1.54) is 36.3 Å². The summed E-state index contributed by atoms with van der Waals surface area (Å²) in [7, 11) is 1.48. The molecule has 0 aliphatic rings. The number of carbonyl (C=O) groups excluding carboxylic acids is 1. The molecule has 3 rings (SSSR count). The van der Waals surface area contributed by atoms with Crippen molar-refractivity contribution < 1.29 is 9.53 Å². The molecule has 3 aromatic heterocycles. The third-order valence-electron chi connectivity index (χ3n) is 3.02. The Balaban J connectivity index is 2.04. The highest BCUT2D eigenvalue weighted by Gasteiger charge is 2.20. The number of fused-ring (bicyclic) bond motifs is 1. The van der Waals surface area contributed by atoms with Gasteiger partial charge in [-0.25, -0.2) is 4.52 Å². The van der Waals surface area contributed by atoms with E-state index >= 15 is 0 Å². The van der Waals surface area contributed by atoms with Crippen LogP contribution in [0.1, 0.15) is 10.4 Å². The van der Waals surface area contributed by atoms with Crippen molar-refractivity contribution in [1.82, 2.24) is 19.6 Å². The molecule has 4 N–H and O–H groups in total. The first-order valence-corrected chi connectivity index (χ1v) is 6.26. The molecule has 0 unspecified atom stereocenters. The van der Waals surface area contributed by atoms with Gasteiger partial charge in [0.25, 0.3) is 11.5 Å². The van der Waals surface area contributed by atoms with E-state index in [2.05, 4.69) is 20.4 Å². The van der Waals surface area contributed by atoms with E-state index in [4.69, 9.17) is 10.5 Å².